The Morgan fingerprint density at radius 2 is 1.97 bits per heavy atom. The van der Waals surface area contributed by atoms with Crippen molar-refractivity contribution >= 4 is 23.3 Å². The number of nitrogens with one attached hydrogen (secondary N) is 2. The molecule has 166 valence electrons. The second-order valence-electron chi connectivity index (χ2n) is 7.88. The average Bonchev–Trinajstić information content (AvgIpc) is 2.71. The number of hydrogen-bond acceptors (Lipinski definition) is 5. The summed E-state index contributed by atoms with van der Waals surface area (Å²) in [4.78, 5) is 12.8. The van der Waals surface area contributed by atoms with Crippen LogP contribution >= 0.6 is 12.2 Å². The minimum Gasteiger partial charge on any atom is -0.493 e. The highest BCUT2D eigenvalue weighted by atomic mass is 32.1. The molecule has 30 heavy (non-hydrogen) atoms. The van der Waals surface area contributed by atoms with E-state index in [0.29, 0.717) is 41.1 Å². The third-order valence-corrected chi connectivity index (χ3v) is 5.03. The van der Waals surface area contributed by atoms with Crippen molar-refractivity contribution in [1.82, 2.24) is 10.6 Å². The van der Waals surface area contributed by atoms with Gasteiger partial charge in [-0.2, -0.15) is 0 Å². The summed E-state index contributed by atoms with van der Waals surface area (Å²) in [6.07, 6.45) is 4.57. The van der Waals surface area contributed by atoms with Gasteiger partial charge in [0.15, 0.2) is 16.6 Å². The predicted molar refractivity (Wildman–Crippen MR) is 123 cm³/mol. The lowest BCUT2D eigenvalue weighted by Gasteiger charge is -2.30. The number of carbonyl (C=O) groups is 1. The van der Waals surface area contributed by atoms with Crippen LogP contribution in [0, 0.1) is 5.92 Å². The van der Waals surface area contributed by atoms with E-state index in [1.807, 2.05) is 39.0 Å². The summed E-state index contributed by atoms with van der Waals surface area (Å²) in [6.45, 7) is 9.04. The van der Waals surface area contributed by atoms with E-state index in [0.717, 1.165) is 18.4 Å². The molecule has 7 heteroatoms. The van der Waals surface area contributed by atoms with Crippen molar-refractivity contribution in [2.45, 2.75) is 59.4 Å². The Morgan fingerprint density at radius 1 is 1.20 bits per heavy atom. The first kappa shape index (κ1) is 24.0. The summed E-state index contributed by atoms with van der Waals surface area (Å²) in [7, 11) is 1.61. The Labute approximate surface area is 185 Å². The van der Waals surface area contributed by atoms with Crippen LogP contribution in [-0.4, -0.2) is 31.4 Å². The zero-order valence-corrected chi connectivity index (χ0v) is 19.5. The fourth-order valence-corrected chi connectivity index (χ4v) is 3.50. The largest absolute Gasteiger partial charge is 0.493 e. The number of methoxy groups -OCH3 is 1. The summed E-state index contributed by atoms with van der Waals surface area (Å²) in [5.41, 5.74) is 2.05. The maximum absolute atomic E-state index is 12.8. The number of allylic oxidation sites excluding steroid dienone is 1. The van der Waals surface area contributed by atoms with Gasteiger partial charge in [0.2, 0.25) is 0 Å². The minimum absolute atomic E-state index is 0.257. The van der Waals surface area contributed by atoms with Gasteiger partial charge >= 0.3 is 5.97 Å². The maximum atomic E-state index is 12.8. The van der Waals surface area contributed by atoms with E-state index in [-0.39, 0.29) is 11.9 Å². The molecule has 2 rings (SSSR count). The number of hydrogen-bond donors (Lipinski definition) is 2. The maximum Gasteiger partial charge on any atom is 0.338 e. The molecule has 2 N–H and O–H groups in total. The molecule has 0 aliphatic carbocycles. The van der Waals surface area contributed by atoms with Crippen LogP contribution in [0.5, 0.6) is 11.5 Å². The van der Waals surface area contributed by atoms with Gasteiger partial charge in [0, 0.05) is 5.70 Å². The van der Waals surface area contributed by atoms with Crippen molar-refractivity contribution in [3.63, 3.8) is 0 Å². The molecule has 0 unspecified atom stereocenters. The SMILES string of the molecule is CCCCCCOc1ccc([C@H]2NC(=S)NC(C)=C2C(=O)OCC(C)C)cc1OC. The molecule has 1 atom stereocenters. The lowest BCUT2D eigenvalue weighted by Crippen LogP contribution is -2.45. The van der Waals surface area contributed by atoms with Crippen LogP contribution in [0.4, 0.5) is 0 Å². The second kappa shape index (κ2) is 11.8. The number of esters is 1. The number of rotatable bonds is 11. The Kier molecular flexibility index (Phi) is 9.43. The van der Waals surface area contributed by atoms with Crippen molar-refractivity contribution in [3.05, 3.63) is 35.0 Å². The molecule has 0 bridgehead atoms. The van der Waals surface area contributed by atoms with E-state index in [9.17, 15) is 4.79 Å². The molecule has 1 aliphatic rings. The fraction of sp³-hybridized carbons (Fsp3) is 0.565. The van der Waals surface area contributed by atoms with Crippen molar-refractivity contribution in [2.75, 3.05) is 20.3 Å². The molecule has 1 aliphatic heterocycles. The van der Waals surface area contributed by atoms with Gasteiger partial charge in [-0.15, -0.1) is 0 Å². The quantitative estimate of drug-likeness (QED) is 0.299. The molecule has 0 saturated heterocycles. The highest BCUT2D eigenvalue weighted by Crippen LogP contribution is 2.34. The zero-order valence-electron chi connectivity index (χ0n) is 18.7. The number of unbranched alkanes of at least 4 members (excludes halogenated alkanes) is 3. The normalized spacial score (nSPS) is 16.2. The molecule has 1 heterocycles. The molecule has 6 nitrogen and oxygen atoms in total. The number of ether oxygens (including phenoxy) is 3. The molecule has 0 aromatic heterocycles. The third-order valence-electron chi connectivity index (χ3n) is 4.81. The summed E-state index contributed by atoms with van der Waals surface area (Å²) in [6, 6.07) is 5.27. The molecular formula is C23H34N2O4S. The van der Waals surface area contributed by atoms with E-state index >= 15 is 0 Å². The van der Waals surface area contributed by atoms with Gasteiger partial charge < -0.3 is 24.8 Å². The predicted octanol–water partition coefficient (Wildman–Crippen LogP) is 4.65. The number of carbonyl (C=O) groups excluding carboxylic acids is 1. The lowest BCUT2D eigenvalue weighted by molar-refractivity contribution is -0.140. The Morgan fingerprint density at radius 3 is 2.63 bits per heavy atom. The number of benzene rings is 1. The summed E-state index contributed by atoms with van der Waals surface area (Å²) in [5.74, 6) is 1.22. The molecule has 0 fully saturated rings. The van der Waals surface area contributed by atoms with Gasteiger partial charge in [0.05, 0.1) is 31.9 Å². The molecule has 0 spiro atoms. The van der Waals surface area contributed by atoms with E-state index in [1.54, 1.807) is 7.11 Å². The molecule has 0 saturated carbocycles. The van der Waals surface area contributed by atoms with E-state index in [4.69, 9.17) is 26.4 Å². The average molecular weight is 435 g/mol. The van der Waals surface area contributed by atoms with Crippen molar-refractivity contribution < 1.29 is 19.0 Å². The summed E-state index contributed by atoms with van der Waals surface area (Å²) in [5, 5.41) is 6.68. The highest BCUT2D eigenvalue weighted by Gasteiger charge is 2.31. The van der Waals surface area contributed by atoms with Gasteiger partial charge in [0.1, 0.15) is 0 Å². The van der Waals surface area contributed by atoms with Crippen molar-refractivity contribution in [2.24, 2.45) is 5.92 Å². The van der Waals surface area contributed by atoms with Gasteiger partial charge in [0.25, 0.3) is 0 Å². The van der Waals surface area contributed by atoms with Crippen LogP contribution < -0.4 is 20.1 Å². The summed E-state index contributed by atoms with van der Waals surface area (Å²) >= 11 is 5.32. The molecule has 0 amide bonds. The third kappa shape index (κ3) is 6.62. The van der Waals surface area contributed by atoms with Crippen LogP contribution in [0.1, 0.15) is 65.0 Å². The topological polar surface area (TPSA) is 68.8 Å². The fourth-order valence-electron chi connectivity index (χ4n) is 3.23. The Balaban J connectivity index is 2.22. The first-order valence-corrected chi connectivity index (χ1v) is 11.0. The van der Waals surface area contributed by atoms with Crippen LogP contribution in [0.3, 0.4) is 0 Å². The van der Waals surface area contributed by atoms with Crippen LogP contribution in [0.15, 0.2) is 29.5 Å². The lowest BCUT2D eigenvalue weighted by atomic mass is 9.95. The monoisotopic (exact) mass is 434 g/mol. The first-order valence-electron chi connectivity index (χ1n) is 10.6. The standard InChI is InChI=1S/C23H34N2O4S/c1-6-7-8-9-12-28-18-11-10-17(13-19(18)27-5)21-20(16(4)24-23(30)25-21)22(26)29-14-15(2)3/h10-11,13,15,21H,6-9,12,14H2,1-5H3,(H2,24,25,30)/t21-/m1/s1. The minimum atomic E-state index is -0.425. The molecule has 1 aromatic carbocycles. The smallest absolute Gasteiger partial charge is 0.338 e. The van der Waals surface area contributed by atoms with Crippen molar-refractivity contribution in [3.8, 4) is 11.5 Å². The number of thiocarbonyl (C=S) groups is 1. The van der Waals surface area contributed by atoms with Gasteiger partial charge in [-0.1, -0.05) is 46.1 Å². The van der Waals surface area contributed by atoms with E-state index < -0.39 is 6.04 Å². The first-order chi connectivity index (χ1) is 14.4. The van der Waals surface area contributed by atoms with E-state index in [1.165, 1.54) is 12.8 Å². The van der Waals surface area contributed by atoms with Gasteiger partial charge in [-0.25, -0.2) is 4.79 Å². The van der Waals surface area contributed by atoms with Crippen LogP contribution in [0.2, 0.25) is 0 Å². The van der Waals surface area contributed by atoms with Gasteiger partial charge in [-0.3, -0.25) is 0 Å². The Bertz CT molecular complexity index is 776. The van der Waals surface area contributed by atoms with Crippen LogP contribution in [-0.2, 0) is 9.53 Å². The molecular weight excluding hydrogens is 400 g/mol. The second-order valence-corrected chi connectivity index (χ2v) is 8.29. The zero-order chi connectivity index (χ0) is 22.1. The summed E-state index contributed by atoms with van der Waals surface area (Å²) < 4.78 is 17.0. The molecule has 1 aromatic rings. The van der Waals surface area contributed by atoms with Crippen molar-refractivity contribution in [1.29, 1.82) is 0 Å². The van der Waals surface area contributed by atoms with Gasteiger partial charge in [-0.05, 0) is 49.2 Å². The van der Waals surface area contributed by atoms with Crippen LogP contribution in [0.25, 0.3) is 0 Å². The highest BCUT2D eigenvalue weighted by molar-refractivity contribution is 7.80. The van der Waals surface area contributed by atoms with E-state index in [2.05, 4.69) is 17.6 Å². The Hall–Kier alpha value is -2.28. The molecule has 0 radical (unpaired) electrons.